The quantitative estimate of drug-likeness (QED) is 0.784. The molecule has 0 radical (unpaired) electrons. The van der Waals surface area contributed by atoms with Crippen molar-refractivity contribution in [3.05, 3.63) is 24.3 Å². The molecule has 0 aromatic carbocycles. The molecule has 1 aliphatic rings. The molecule has 0 aliphatic carbocycles. The Morgan fingerprint density at radius 1 is 1.53 bits per heavy atom. The lowest BCUT2D eigenvalue weighted by Crippen LogP contribution is -2.37. The Bertz CT molecular complexity index is 363. The number of nitrogens with zero attached hydrogens (tertiary/aromatic N) is 3. The maximum Gasteiger partial charge on any atom is 0.257 e. The number of hydrogen-bond acceptors (Lipinski definition) is 4. The number of hydrogen-bond donors (Lipinski definition) is 0. The summed E-state index contributed by atoms with van der Waals surface area (Å²) in [5, 5.41) is 0. The van der Waals surface area contributed by atoms with Gasteiger partial charge in [-0.25, -0.2) is 9.97 Å². The highest BCUT2D eigenvalue weighted by Crippen LogP contribution is 2.14. The van der Waals surface area contributed by atoms with Crippen molar-refractivity contribution in [2.45, 2.75) is 25.9 Å². The van der Waals surface area contributed by atoms with E-state index in [-0.39, 0.29) is 12.0 Å². The van der Waals surface area contributed by atoms with Gasteiger partial charge in [0.25, 0.3) is 5.91 Å². The predicted molar refractivity (Wildman–Crippen MR) is 62.6 cm³/mol. The first kappa shape index (κ1) is 12.0. The Labute approximate surface area is 101 Å². The summed E-state index contributed by atoms with van der Waals surface area (Å²) >= 11 is 0. The molecular weight excluding hydrogens is 218 g/mol. The number of amides is 1. The molecule has 0 bridgehead atoms. The molecule has 0 N–H and O–H groups in total. The molecule has 1 saturated heterocycles. The second kappa shape index (κ2) is 5.72. The van der Waals surface area contributed by atoms with E-state index in [4.69, 9.17) is 4.74 Å². The molecule has 0 spiro atoms. The molecular formula is C12H17N3O2. The second-order valence-corrected chi connectivity index (χ2v) is 4.11. The summed E-state index contributed by atoms with van der Waals surface area (Å²) in [5.41, 5.74) is 0.535. The predicted octanol–water partition coefficient (Wildman–Crippen LogP) is 1.12. The zero-order valence-electron chi connectivity index (χ0n) is 10.0. The number of carbonyl (C=O) groups excluding carboxylic acids is 1. The van der Waals surface area contributed by atoms with Crippen LogP contribution in [0.5, 0.6) is 0 Å². The summed E-state index contributed by atoms with van der Waals surface area (Å²) in [6.07, 6.45) is 6.83. The lowest BCUT2D eigenvalue weighted by molar-refractivity contribution is 0.0538. The smallest absolute Gasteiger partial charge is 0.257 e. The van der Waals surface area contributed by atoms with Crippen molar-refractivity contribution in [1.82, 2.24) is 14.9 Å². The van der Waals surface area contributed by atoms with Crippen molar-refractivity contribution >= 4 is 5.91 Å². The van der Waals surface area contributed by atoms with Crippen molar-refractivity contribution in [2.75, 3.05) is 19.7 Å². The third kappa shape index (κ3) is 3.00. The summed E-state index contributed by atoms with van der Waals surface area (Å²) in [5.74, 6) is -0.0244. The fourth-order valence-corrected chi connectivity index (χ4v) is 1.98. The monoisotopic (exact) mass is 235 g/mol. The van der Waals surface area contributed by atoms with Gasteiger partial charge in [0, 0.05) is 32.1 Å². The van der Waals surface area contributed by atoms with E-state index in [0.717, 1.165) is 19.4 Å². The third-order valence-electron chi connectivity index (χ3n) is 2.92. The van der Waals surface area contributed by atoms with Crippen LogP contribution in [0.2, 0.25) is 0 Å². The fraction of sp³-hybridized carbons (Fsp3) is 0.583. The molecule has 1 aliphatic heterocycles. The van der Waals surface area contributed by atoms with Crippen LogP contribution in [-0.4, -0.2) is 46.6 Å². The lowest BCUT2D eigenvalue weighted by Gasteiger charge is -2.23. The van der Waals surface area contributed by atoms with E-state index in [2.05, 4.69) is 9.97 Å². The molecule has 2 heterocycles. The minimum atomic E-state index is -0.0244. The highest BCUT2D eigenvalue weighted by Gasteiger charge is 2.22. The highest BCUT2D eigenvalue weighted by molar-refractivity contribution is 5.93. The van der Waals surface area contributed by atoms with Gasteiger partial charge < -0.3 is 9.64 Å². The van der Waals surface area contributed by atoms with Crippen LogP contribution in [0.1, 0.15) is 30.1 Å². The molecule has 5 heteroatoms. The first-order valence-corrected chi connectivity index (χ1v) is 5.97. The van der Waals surface area contributed by atoms with Crippen molar-refractivity contribution in [1.29, 1.82) is 0 Å². The zero-order valence-corrected chi connectivity index (χ0v) is 10.0. The molecule has 92 valence electrons. The van der Waals surface area contributed by atoms with E-state index in [9.17, 15) is 4.79 Å². The summed E-state index contributed by atoms with van der Waals surface area (Å²) in [7, 11) is 0. The van der Waals surface area contributed by atoms with Crippen molar-refractivity contribution in [3.8, 4) is 0 Å². The van der Waals surface area contributed by atoms with Gasteiger partial charge in [0.05, 0.1) is 11.7 Å². The van der Waals surface area contributed by atoms with Gasteiger partial charge in [-0.05, 0) is 19.8 Å². The van der Waals surface area contributed by atoms with E-state index >= 15 is 0 Å². The van der Waals surface area contributed by atoms with E-state index < -0.39 is 0 Å². The fourth-order valence-electron chi connectivity index (χ4n) is 1.98. The average molecular weight is 235 g/mol. The minimum Gasteiger partial charge on any atom is -0.376 e. The van der Waals surface area contributed by atoms with Crippen LogP contribution in [-0.2, 0) is 4.74 Å². The first-order chi connectivity index (χ1) is 8.31. The first-order valence-electron chi connectivity index (χ1n) is 5.97. The van der Waals surface area contributed by atoms with Gasteiger partial charge in [0.15, 0.2) is 0 Å². The van der Waals surface area contributed by atoms with Gasteiger partial charge in [-0.2, -0.15) is 0 Å². The van der Waals surface area contributed by atoms with Gasteiger partial charge in [-0.3, -0.25) is 4.79 Å². The summed E-state index contributed by atoms with van der Waals surface area (Å²) in [6.45, 7) is 4.11. The van der Waals surface area contributed by atoms with E-state index in [1.165, 1.54) is 6.33 Å². The molecule has 1 fully saturated rings. The topological polar surface area (TPSA) is 55.3 Å². The number of rotatable bonds is 4. The van der Waals surface area contributed by atoms with Gasteiger partial charge in [-0.15, -0.1) is 0 Å². The molecule has 1 aromatic rings. The average Bonchev–Trinajstić information content (AvgIpc) is 2.89. The number of likely N-dealkylation sites (N-methyl/N-ethyl adjacent to an activating group) is 1. The summed E-state index contributed by atoms with van der Waals surface area (Å²) in [6, 6.07) is 0. The van der Waals surface area contributed by atoms with Crippen LogP contribution in [0.4, 0.5) is 0 Å². The maximum atomic E-state index is 12.2. The minimum absolute atomic E-state index is 0.0244. The molecule has 5 nitrogen and oxygen atoms in total. The van der Waals surface area contributed by atoms with E-state index in [0.29, 0.717) is 18.7 Å². The van der Waals surface area contributed by atoms with Crippen molar-refractivity contribution in [2.24, 2.45) is 0 Å². The Hall–Kier alpha value is -1.49. The standard InChI is InChI=1S/C12H17N3O2/c1-2-15(8-11-4-3-5-17-11)12(16)10-6-13-9-14-7-10/h6-7,9,11H,2-5,8H2,1H3. The molecule has 2 rings (SSSR count). The van der Waals surface area contributed by atoms with Crippen LogP contribution in [0.25, 0.3) is 0 Å². The zero-order chi connectivity index (χ0) is 12.1. The molecule has 0 saturated carbocycles. The van der Waals surface area contributed by atoms with Gasteiger partial charge in [0.2, 0.25) is 0 Å². The Morgan fingerprint density at radius 2 is 2.29 bits per heavy atom. The van der Waals surface area contributed by atoms with Gasteiger partial charge in [0.1, 0.15) is 6.33 Å². The SMILES string of the molecule is CCN(CC1CCCO1)C(=O)c1cncnc1. The van der Waals surface area contributed by atoms with Crippen LogP contribution in [0, 0.1) is 0 Å². The maximum absolute atomic E-state index is 12.2. The van der Waals surface area contributed by atoms with Crippen LogP contribution >= 0.6 is 0 Å². The molecule has 1 aromatic heterocycles. The van der Waals surface area contributed by atoms with Crippen LogP contribution < -0.4 is 0 Å². The van der Waals surface area contributed by atoms with E-state index in [1.807, 2.05) is 6.92 Å². The third-order valence-corrected chi connectivity index (χ3v) is 2.92. The van der Waals surface area contributed by atoms with Crippen molar-refractivity contribution < 1.29 is 9.53 Å². The van der Waals surface area contributed by atoms with E-state index in [1.54, 1.807) is 17.3 Å². The Balaban J connectivity index is 2.00. The largest absolute Gasteiger partial charge is 0.376 e. The van der Waals surface area contributed by atoms with Gasteiger partial charge >= 0.3 is 0 Å². The van der Waals surface area contributed by atoms with Gasteiger partial charge in [-0.1, -0.05) is 0 Å². The Kier molecular flexibility index (Phi) is 4.03. The molecule has 1 amide bonds. The number of aromatic nitrogens is 2. The summed E-state index contributed by atoms with van der Waals surface area (Å²) < 4.78 is 5.55. The molecule has 1 unspecified atom stereocenters. The number of ether oxygens (including phenoxy) is 1. The van der Waals surface area contributed by atoms with Crippen LogP contribution in [0.15, 0.2) is 18.7 Å². The molecule has 1 atom stereocenters. The number of carbonyl (C=O) groups is 1. The summed E-state index contributed by atoms with van der Waals surface area (Å²) in [4.78, 5) is 21.7. The normalized spacial score (nSPS) is 19.2. The molecule has 17 heavy (non-hydrogen) atoms. The lowest BCUT2D eigenvalue weighted by atomic mass is 10.2. The second-order valence-electron chi connectivity index (χ2n) is 4.11. The van der Waals surface area contributed by atoms with Crippen molar-refractivity contribution in [3.63, 3.8) is 0 Å². The van der Waals surface area contributed by atoms with Crippen LogP contribution in [0.3, 0.4) is 0 Å². The highest BCUT2D eigenvalue weighted by atomic mass is 16.5. The Morgan fingerprint density at radius 3 is 2.88 bits per heavy atom.